The third-order valence-corrected chi connectivity index (χ3v) is 4.34. The maximum atomic E-state index is 12.9. The lowest BCUT2D eigenvalue weighted by Gasteiger charge is -2.20. The molecule has 0 aliphatic heterocycles. The molecule has 0 bridgehead atoms. The molecule has 6 nitrogen and oxygen atoms in total. The maximum Gasteiger partial charge on any atom is 0.329 e. The van der Waals surface area contributed by atoms with Crippen molar-refractivity contribution < 1.29 is 9.53 Å². The highest BCUT2D eigenvalue weighted by atomic mass is 16.5. The van der Waals surface area contributed by atoms with Gasteiger partial charge in [-0.25, -0.2) is 14.2 Å². The monoisotopic (exact) mass is 366 g/mol. The van der Waals surface area contributed by atoms with Crippen molar-refractivity contribution in [3.05, 3.63) is 81.0 Å². The van der Waals surface area contributed by atoms with Gasteiger partial charge in [0.15, 0.2) is 0 Å². The number of esters is 1. The number of para-hydroxylation sites is 1. The highest BCUT2D eigenvalue weighted by Crippen LogP contribution is 2.18. The number of ether oxygens (including phenoxy) is 1. The maximum absolute atomic E-state index is 12.9. The summed E-state index contributed by atoms with van der Waals surface area (Å²) in [6.45, 7) is 3.95. The van der Waals surface area contributed by atoms with Crippen molar-refractivity contribution in [2.24, 2.45) is 5.92 Å². The number of aromatic amines is 1. The van der Waals surface area contributed by atoms with E-state index >= 15 is 0 Å². The molecule has 0 amide bonds. The smallest absolute Gasteiger partial charge is 0.329 e. The Morgan fingerprint density at radius 2 is 1.70 bits per heavy atom. The topological polar surface area (TPSA) is 81.2 Å². The molecule has 140 valence electrons. The van der Waals surface area contributed by atoms with E-state index in [0.717, 1.165) is 10.1 Å². The van der Waals surface area contributed by atoms with Crippen molar-refractivity contribution in [2.75, 3.05) is 0 Å². The lowest BCUT2D eigenvalue weighted by Crippen LogP contribution is -2.42. The molecule has 0 fully saturated rings. The highest BCUT2D eigenvalue weighted by Gasteiger charge is 2.27. The molecule has 0 saturated heterocycles. The first-order chi connectivity index (χ1) is 13.0. The van der Waals surface area contributed by atoms with Gasteiger partial charge in [-0.05, 0) is 30.0 Å². The second kappa shape index (κ2) is 8.03. The van der Waals surface area contributed by atoms with Crippen LogP contribution in [0.2, 0.25) is 0 Å². The normalized spacial score (nSPS) is 12.3. The van der Waals surface area contributed by atoms with Crippen LogP contribution in [0.3, 0.4) is 0 Å². The van der Waals surface area contributed by atoms with Gasteiger partial charge in [0.25, 0.3) is 5.56 Å². The van der Waals surface area contributed by atoms with Gasteiger partial charge in [-0.1, -0.05) is 56.3 Å². The molecule has 1 aromatic heterocycles. The summed E-state index contributed by atoms with van der Waals surface area (Å²) in [4.78, 5) is 40.9. The highest BCUT2D eigenvalue weighted by molar-refractivity contribution is 5.78. The van der Waals surface area contributed by atoms with E-state index in [9.17, 15) is 14.4 Å². The van der Waals surface area contributed by atoms with Gasteiger partial charge in [0.05, 0.1) is 10.9 Å². The van der Waals surface area contributed by atoms with E-state index in [1.807, 2.05) is 44.2 Å². The zero-order valence-electron chi connectivity index (χ0n) is 15.3. The Balaban J connectivity index is 1.97. The molecule has 1 atom stereocenters. The molecule has 3 aromatic rings. The molecule has 0 aliphatic carbocycles. The van der Waals surface area contributed by atoms with E-state index in [0.29, 0.717) is 17.3 Å². The molecule has 2 aromatic carbocycles. The molecule has 3 rings (SSSR count). The first-order valence-corrected chi connectivity index (χ1v) is 8.91. The van der Waals surface area contributed by atoms with Crippen LogP contribution < -0.4 is 11.2 Å². The van der Waals surface area contributed by atoms with Crippen LogP contribution in [0.5, 0.6) is 0 Å². The second-order valence-corrected chi connectivity index (χ2v) is 6.89. The van der Waals surface area contributed by atoms with Gasteiger partial charge in [-0.2, -0.15) is 0 Å². The van der Waals surface area contributed by atoms with Crippen LogP contribution in [0, 0.1) is 5.92 Å². The van der Waals surface area contributed by atoms with E-state index < -0.39 is 23.3 Å². The summed E-state index contributed by atoms with van der Waals surface area (Å²) in [7, 11) is 0. The first-order valence-electron chi connectivity index (χ1n) is 8.91. The fourth-order valence-corrected chi connectivity index (χ4v) is 3.04. The van der Waals surface area contributed by atoms with Crippen LogP contribution in [0.15, 0.2) is 64.2 Å². The van der Waals surface area contributed by atoms with Crippen LogP contribution in [0.4, 0.5) is 0 Å². The number of nitrogens with zero attached hydrogens (tertiary/aromatic N) is 1. The summed E-state index contributed by atoms with van der Waals surface area (Å²) >= 11 is 0. The van der Waals surface area contributed by atoms with E-state index in [-0.39, 0.29) is 12.5 Å². The number of H-pyrrole nitrogens is 1. The van der Waals surface area contributed by atoms with Crippen molar-refractivity contribution in [3.8, 4) is 0 Å². The Hall–Kier alpha value is -3.15. The molecule has 0 aliphatic rings. The summed E-state index contributed by atoms with van der Waals surface area (Å²) in [5.74, 6) is -0.493. The minimum absolute atomic E-state index is 0.0918. The standard InChI is InChI=1S/C21H22N2O4/c1-14(2)12-18(20(25)27-13-15-8-4-3-5-9-15)23-19(24)16-10-6-7-11-17(16)22-21(23)26/h3-11,14,18H,12-13H2,1-2H3,(H,22,26)/t18-/m0/s1. The number of fused-ring (bicyclic) bond motifs is 1. The summed E-state index contributed by atoms with van der Waals surface area (Å²) in [6.07, 6.45) is 0.328. The summed E-state index contributed by atoms with van der Waals surface area (Å²) in [5.41, 5.74) is 0.191. The average molecular weight is 366 g/mol. The largest absolute Gasteiger partial charge is 0.459 e. The number of rotatable bonds is 6. The van der Waals surface area contributed by atoms with E-state index in [1.165, 1.54) is 0 Å². The number of hydrogen-bond donors (Lipinski definition) is 1. The average Bonchev–Trinajstić information content (AvgIpc) is 2.66. The van der Waals surface area contributed by atoms with E-state index in [4.69, 9.17) is 4.74 Å². The van der Waals surface area contributed by atoms with Crippen LogP contribution in [0.25, 0.3) is 10.9 Å². The predicted octanol–water partition coefficient (Wildman–Crippen LogP) is 3.02. The lowest BCUT2D eigenvalue weighted by molar-refractivity contribution is -0.149. The number of nitrogens with one attached hydrogen (secondary N) is 1. The third-order valence-electron chi connectivity index (χ3n) is 4.34. The Labute approximate surface area is 156 Å². The van der Waals surface area contributed by atoms with Crippen LogP contribution in [-0.4, -0.2) is 15.5 Å². The first kappa shape index (κ1) is 18.6. The molecule has 0 spiro atoms. The Morgan fingerprint density at radius 1 is 1.04 bits per heavy atom. The van der Waals surface area contributed by atoms with Gasteiger partial charge in [0.1, 0.15) is 12.6 Å². The fourth-order valence-electron chi connectivity index (χ4n) is 3.04. The number of aromatic nitrogens is 2. The summed E-state index contributed by atoms with van der Waals surface area (Å²) < 4.78 is 6.40. The Kier molecular flexibility index (Phi) is 5.54. The van der Waals surface area contributed by atoms with Gasteiger partial charge in [-0.15, -0.1) is 0 Å². The van der Waals surface area contributed by atoms with Crippen molar-refractivity contribution in [3.63, 3.8) is 0 Å². The third kappa shape index (κ3) is 4.16. The summed E-state index contributed by atoms with van der Waals surface area (Å²) in [6, 6.07) is 15.1. The Morgan fingerprint density at radius 3 is 2.41 bits per heavy atom. The van der Waals surface area contributed by atoms with Gasteiger partial charge < -0.3 is 9.72 Å². The van der Waals surface area contributed by atoms with Crippen LogP contribution in [-0.2, 0) is 16.1 Å². The second-order valence-electron chi connectivity index (χ2n) is 6.89. The van der Waals surface area contributed by atoms with Crippen molar-refractivity contribution in [2.45, 2.75) is 32.9 Å². The van der Waals surface area contributed by atoms with Gasteiger partial charge in [-0.3, -0.25) is 4.79 Å². The molecule has 27 heavy (non-hydrogen) atoms. The summed E-state index contributed by atoms with van der Waals surface area (Å²) in [5, 5.41) is 0.363. The van der Waals surface area contributed by atoms with Crippen molar-refractivity contribution in [1.82, 2.24) is 9.55 Å². The zero-order chi connectivity index (χ0) is 19.4. The van der Waals surface area contributed by atoms with Crippen LogP contribution in [0.1, 0.15) is 31.9 Å². The molecular formula is C21H22N2O4. The quantitative estimate of drug-likeness (QED) is 0.680. The van der Waals surface area contributed by atoms with E-state index in [2.05, 4.69) is 4.98 Å². The molecular weight excluding hydrogens is 344 g/mol. The lowest BCUT2D eigenvalue weighted by atomic mass is 10.0. The van der Waals surface area contributed by atoms with Gasteiger partial charge in [0, 0.05) is 0 Å². The molecule has 0 unspecified atom stereocenters. The Bertz CT molecular complexity index is 1050. The van der Waals surface area contributed by atoms with Crippen molar-refractivity contribution >= 4 is 16.9 Å². The zero-order valence-corrected chi connectivity index (χ0v) is 15.3. The van der Waals surface area contributed by atoms with Crippen molar-refractivity contribution in [1.29, 1.82) is 0 Å². The van der Waals surface area contributed by atoms with Crippen LogP contribution >= 0.6 is 0 Å². The minimum Gasteiger partial charge on any atom is -0.459 e. The molecule has 6 heteroatoms. The SMILES string of the molecule is CC(C)C[C@@H](C(=O)OCc1ccccc1)n1c(=O)[nH]c2ccccc2c1=O. The number of benzene rings is 2. The minimum atomic E-state index is -0.977. The molecule has 0 radical (unpaired) electrons. The van der Waals surface area contributed by atoms with E-state index in [1.54, 1.807) is 24.3 Å². The molecule has 1 heterocycles. The van der Waals surface area contributed by atoms with Gasteiger partial charge >= 0.3 is 11.7 Å². The van der Waals surface area contributed by atoms with Gasteiger partial charge in [0.2, 0.25) is 0 Å². The molecule has 0 saturated carbocycles. The fraction of sp³-hybridized carbons (Fsp3) is 0.286. The number of carbonyl (C=O) groups is 1. The predicted molar refractivity (Wildman–Crippen MR) is 104 cm³/mol. The molecule has 1 N–H and O–H groups in total. The number of hydrogen-bond acceptors (Lipinski definition) is 4. The number of carbonyl (C=O) groups excluding carboxylic acids is 1.